The monoisotopic (exact) mass is 339 g/mol. The summed E-state index contributed by atoms with van der Waals surface area (Å²) in [4.78, 5) is 12.7. The lowest BCUT2D eigenvalue weighted by atomic mass is 10.0. The first kappa shape index (κ1) is 17.3. The summed E-state index contributed by atoms with van der Waals surface area (Å²) in [6.45, 7) is 2.07. The number of amides is 1. The van der Waals surface area contributed by atoms with Gasteiger partial charge in [0.15, 0.2) is 0 Å². The minimum Gasteiger partial charge on any atom is -0.497 e. The lowest BCUT2D eigenvalue weighted by Gasteiger charge is -2.19. The third-order valence-electron chi connectivity index (χ3n) is 4.68. The molecule has 1 atom stereocenters. The molecule has 132 valence electrons. The lowest BCUT2D eigenvalue weighted by Crippen LogP contribution is -2.31. The summed E-state index contributed by atoms with van der Waals surface area (Å²) in [6, 6.07) is 14.0. The second-order valence-electron chi connectivity index (χ2n) is 6.65. The lowest BCUT2D eigenvalue weighted by molar-refractivity contribution is -0.121. The van der Waals surface area contributed by atoms with Crippen molar-refractivity contribution in [2.75, 3.05) is 14.2 Å². The average molecular weight is 339 g/mol. The first-order valence-corrected chi connectivity index (χ1v) is 8.67. The van der Waals surface area contributed by atoms with E-state index in [2.05, 4.69) is 36.5 Å². The van der Waals surface area contributed by atoms with Gasteiger partial charge in [-0.1, -0.05) is 29.8 Å². The molecule has 4 nitrogen and oxygen atoms in total. The van der Waals surface area contributed by atoms with Crippen LogP contribution in [-0.4, -0.2) is 20.1 Å². The van der Waals surface area contributed by atoms with E-state index in [0.29, 0.717) is 11.7 Å². The van der Waals surface area contributed by atoms with Gasteiger partial charge in [-0.3, -0.25) is 4.79 Å². The van der Waals surface area contributed by atoms with Crippen molar-refractivity contribution in [2.45, 2.75) is 32.2 Å². The summed E-state index contributed by atoms with van der Waals surface area (Å²) in [7, 11) is 3.23. The van der Waals surface area contributed by atoms with Crippen molar-refractivity contribution in [1.82, 2.24) is 5.32 Å². The number of hydrogen-bond donors (Lipinski definition) is 1. The van der Waals surface area contributed by atoms with E-state index in [9.17, 15) is 4.79 Å². The van der Waals surface area contributed by atoms with Crippen LogP contribution in [0.2, 0.25) is 0 Å². The van der Waals surface area contributed by atoms with Crippen LogP contribution >= 0.6 is 0 Å². The smallest absolute Gasteiger partial charge is 0.225 e. The minimum atomic E-state index is 0.00373. The van der Waals surface area contributed by atoms with Crippen LogP contribution in [0.1, 0.15) is 35.6 Å². The van der Waals surface area contributed by atoms with Crippen LogP contribution in [0.5, 0.6) is 11.5 Å². The Bertz CT molecular complexity index is 735. The Morgan fingerprint density at radius 2 is 1.84 bits per heavy atom. The molecule has 25 heavy (non-hydrogen) atoms. The second kappa shape index (κ2) is 7.60. The van der Waals surface area contributed by atoms with Crippen molar-refractivity contribution in [1.29, 1.82) is 0 Å². The molecule has 1 amide bonds. The number of methoxy groups -OCH3 is 2. The molecular formula is C21H25NO3. The maximum atomic E-state index is 12.7. The SMILES string of the molecule is COc1ccc(OC)c(CC(=O)NC(c2ccc(C)cc2)C2CC2)c1. The molecule has 0 spiro atoms. The van der Waals surface area contributed by atoms with Gasteiger partial charge in [-0.2, -0.15) is 0 Å². The number of ether oxygens (including phenoxy) is 2. The summed E-state index contributed by atoms with van der Waals surface area (Å²) >= 11 is 0. The molecule has 0 saturated heterocycles. The molecule has 1 N–H and O–H groups in total. The molecule has 1 unspecified atom stereocenters. The molecule has 2 aromatic carbocycles. The topological polar surface area (TPSA) is 47.6 Å². The molecular weight excluding hydrogens is 314 g/mol. The van der Waals surface area contributed by atoms with E-state index < -0.39 is 0 Å². The number of rotatable bonds is 7. The quantitative estimate of drug-likeness (QED) is 0.834. The predicted molar refractivity (Wildman–Crippen MR) is 98.0 cm³/mol. The minimum absolute atomic E-state index is 0.00373. The van der Waals surface area contributed by atoms with E-state index in [4.69, 9.17) is 9.47 Å². The zero-order valence-corrected chi connectivity index (χ0v) is 15.0. The molecule has 0 bridgehead atoms. The van der Waals surface area contributed by atoms with E-state index in [0.717, 1.165) is 11.3 Å². The third-order valence-corrected chi connectivity index (χ3v) is 4.68. The first-order valence-electron chi connectivity index (χ1n) is 8.67. The predicted octanol–water partition coefficient (Wildman–Crippen LogP) is 3.82. The van der Waals surface area contributed by atoms with Gasteiger partial charge in [-0.25, -0.2) is 0 Å². The second-order valence-corrected chi connectivity index (χ2v) is 6.65. The average Bonchev–Trinajstić information content (AvgIpc) is 3.45. The van der Waals surface area contributed by atoms with Gasteiger partial charge in [0.05, 0.1) is 26.7 Å². The van der Waals surface area contributed by atoms with Crippen molar-refractivity contribution < 1.29 is 14.3 Å². The maximum Gasteiger partial charge on any atom is 0.225 e. The highest BCUT2D eigenvalue weighted by Gasteiger charge is 2.33. The molecule has 0 radical (unpaired) electrons. The number of carbonyl (C=O) groups excluding carboxylic acids is 1. The Morgan fingerprint density at radius 1 is 1.12 bits per heavy atom. The van der Waals surface area contributed by atoms with E-state index in [-0.39, 0.29) is 18.4 Å². The van der Waals surface area contributed by atoms with E-state index in [1.165, 1.54) is 24.0 Å². The van der Waals surface area contributed by atoms with Gasteiger partial charge in [0, 0.05) is 5.56 Å². The zero-order valence-electron chi connectivity index (χ0n) is 15.0. The third kappa shape index (κ3) is 4.32. The molecule has 1 aliphatic rings. The van der Waals surface area contributed by atoms with Crippen LogP contribution in [0.3, 0.4) is 0 Å². The van der Waals surface area contributed by atoms with Gasteiger partial charge in [-0.15, -0.1) is 0 Å². The van der Waals surface area contributed by atoms with Gasteiger partial charge in [-0.05, 0) is 49.4 Å². The van der Waals surface area contributed by atoms with Crippen molar-refractivity contribution in [3.8, 4) is 11.5 Å². The number of benzene rings is 2. The van der Waals surface area contributed by atoms with Crippen LogP contribution < -0.4 is 14.8 Å². The van der Waals surface area contributed by atoms with Gasteiger partial charge >= 0.3 is 0 Å². The zero-order chi connectivity index (χ0) is 17.8. The Balaban J connectivity index is 1.73. The normalized spacial score (nSPS) is 14.7. The van der Waals surface area contributed by atoms with E-state index in [1.807, 2.05) is 18.2 Å². The van der Waals surface area contributed by atoms with Crippen LogP contribution in [0, 0.1) is 12.8 Å². The molecule has 4 heteroatoms. The standard InChI is InChI=1S/C21H25NO3/c1-14-4-6-15(7-5-14)21(16-8-9-16)22-20(23)13-17-12-18(24-2)10-11-19(17)25-3/h4-7,10-12,16,21H,8-9,13H2,1-3H3,(H,22,23). The first-order chi connectivity index (χ1) is 12.1. The number of aryl methyl sites for hydroxylation is 1. The Labute approximate surface area is 149 Å². The van der Waals surface area contributed by atoms with Crippen molar-refractivity contribution in [3.63, 3.8) is 0 Å². The summed E-state index contributed by atoms with van der Waals surface area (Å²) in [6.07, 6.45) is 2.61. The molecule has 1 saturated carbocycles. The van der Waals surface area contributed by atoms with Gasteiger partial charge in [0.2, 0.25) is 5.91 Å². The molecule has 2 aromatic rings. The van der Waals surface area contributed by atoms with Crippen LogP contribution in [0.25, 0.3) is 0 Å². The van der Waals surface area contributed by atoms with Gasteiger partial charge in [0.25, 0.3) is 0 Å². The van der Waals surface area contributed by atoms with E-state index in [1.54, 1.807) is 14.2 Å². The summed E-state index contributed by atoms with van der Waals surface area (Å²) in [5, 5.41) is 3.22. The molecule has 1 aliphatic carbocycles. The Morgan fingerprint density at radius 3 is 2.44 bits per heavy atom. The highest BCUT2D eigenvalue weighted by molar-refractivity contribution is 5.80. The fourth-order valence-electron chi connectivity index (χ4n) is 3.09. The molecule has 1 fully saturated rings. The fourth-order valence-corrected chi connectivity index (χ4v) is 3.09. The van der Waals surface area contributed by atoms with Crippen LogP contribution in [0.4, 0.5) is 0 Å². The molecule has 0 aliphatic heterocycles. The summed E-state index contributed by atoms with van der Waals surface area (Å²) < 4.78 is 10.6. The maximum absolute atomic E-state index is 12.7. The van der Waals surface area contributed by atoms with Crippen LogP contribution in [-0.2, 0) is 11.2 Å². The number of nitrogens with one attached hydrogen (secondary N) is 1. The van der Waals surface area contributed by atoms with Gasteiger partial charge < -0.3 is 14.8 Å². The molecule has 3 rings (SSSR count). The fraction of sp³-hybridized carbons (Fsp3) is 0.381. The molecule has 0 heterocycles. The largest absolute Gasteiger partial charge is 0.497 e. The number of hydrogen-bond acceptors (Lipinski definition) is 3. The highest BCUT2D eigenvalue weighted by Crippen LogP contribution is 2.41. The van der Waals surface area contributed by atoms with Crippen molar-refractivity contribution in [2.24, 2.45) is 5.92 Å². The number of carbonyl (C=O) groups is 1. The Hall–Kier alpha value is -2.49. The van der Waals surface area contributed by atoms with E-state index >= 15 is 0 Å². The van der Waals surface area contributed by atoms with Gasteiger partial charge in [0.1, 0.15) is 11.5 Å². The van der Waals surface area contributed by atoms with Crippen molar-refractivity contribution >= 4 is 5.91 Å². The Kier molecular flexibility index (Phi) is 5.27. The highest BCUT2D eigenvalue weighted by atomic mass is 16.5. The summed E-state index contributed by atoms with van der Waals surface area (Å²) in [5.74, 6) is 1.97. The van der Waals surface area contributed by atoms with Crippen molar-refractivity contribution in [3.05, 3.63) is 59.2 Å². The molecule has 0 aromatic heterocycles. The van der Waals surface area contributed by atoms with Crippen LogP contribution in [0.15, 0.2) is 42.5 Å². The summed E-state index contributed by atoms with van der Waals surface area (Å²) in [5.41, 5.74) is 3.24.